The predicted octanol–water partition coefficient (Wildman–Crippen LogP) is -0.812. The molecule has 0 spiro atoms. The number of nitrogens with zero attached hydrogens (tertiary/aromatic N) is 7. The van der Waals surface area contributed by atoms with E-state index in [1.54, 1.807) is 16.9 Å². The molecule has 0 fully saturated rings. The average molecular weight is 330 g/mol. The van der Waals surface area contributed by atoms with Crippen LogP contribution < -0.4 is 10.6 Å². The molecule has 0 amide bonds. The van der Waals surface area contributed by atoms with E-state index in [2.05, 4.69) is 20.2 Å². The van der Waals surface area contributed by atoms with Gasteiger partial charge in [0, 0.05) is 13.6 Å². The minimum atomic E-state index is -0.964. The van der Waals surface area contributed by atoms with Crippen LogP contribution in [0, 0.1) is 0 Å². The number of hydrogen-bond acceptors (Lipinski definition) is 8. The van der Waals surface area contributed by atoms with E-state index in [1.807, 2.05) is 16.6 Å². The summed E-state index contributed by atoms with van der Waals surface area (Å²) in [7, 11) is 1.81. The smallest absolute Gasteiger partial charge is 0.229 e. The molecule has 126 valence electrons. The standard InChI is InChI=1S/C14H18N8O2/c1-20-13-9(5-16-20)12(15)17-14(18-13)21-2-3-22-8(6-21)4-10(19-22)11(24)7-23/h4-5,11,23-24H,2-3,6-7H2,1H3,(H2,15,17,18)/t11-/m1/s1. The molecular weight excluding hydrogens is 312 g/mol. The summed E-state index contributed by atoms with van der Waals surface area (Å²) in [6, 6.07) is 1.79. The second kappa shape index (κ2) is 5.42. The van der Waals surface area contributed by atoms with Gasteiger partial charge in [-0.25, -0.2) is 0 Å². The molecule has 0 aromatic carbocycles. The molecule has 0 radical (unpaired) electrons. The summed E-state index contributed by atoms with van der Waals surface area (Å²) in [5.41, 5.74) is 8.11. The van der Waals surface area contributed by atoms with Crippen molar-refractivity contribution >= 4 is 22.8 Å². The molecule has 24 heavy (non-hydrogen) atoms. The predicted molar refractivity (Wildman–Crippen MR) is 86.0 cm³/mol. The molecular formula is C14H18N8O2. The highest BCUT2D eigenvalue weighted by Gasteiger charge is 2.23. The molecule has 0 bridgehead atoms. The van der Waals surface area contributed by atoms with E-state index in [-0.39, 0.29) is 6.61 Å². The molecule has 1 aliphatic rings. The Bertz CT molecular complexity index is 902. The summed E-state index contributed by atoms with van der Waals surface area (Å²) in [5.74, 6) is 0.943. The van der Waals surface area contributed by atoms with Gasteiger partial charge in [0.2, 0.25) is 5.95 Å². The number of nitrogens with two attached hydrogens (primary N) is 1. The number of anilines is 2. The van der Waals surface area contributed by atoms with Gasteiger partial charge in [-0.3, -0.25) is 9.36 Å². The quantitative estimate of drug-likeness (QED) is 0.568. The minimum Gasteiger partial charge on any atom is -0.393 e. The molecule has 4 heterocycles. The van der Waals surface area contributed by atoms with Gasteiger partial charge in [-0.05, 0) is 6.07 Å². The molecule has 0 unspecified atom stereocenters. The van der Waals surface area contributed by atoms with E-state index >= 15 is 0 Å². The van der Waals surface area contributed by atoms with Gasteiger partial charge < -0.3 is 20.8 Å². The SMILES string of the molecule is Cn1ncc2c(N)nc(N3CCn4nc([C@H](O)CO)cc4C3)nc21. The zero-order chi connectivity index (χ0) is 16.8. The highest BCUT2D eigenvalue weighted by molar-refractivity contribution is 5.86. The zero-order valence-corrected chi connectivity index (χ0v) is 13.2. The molecule has 10 nitrogen and oxygen atoms in total. The third kappa shape index (κ3) is 2.27. The fraction of sp³-hybridized carbons (Fsp3) is 0.429. The molecule has 1 aliphatic heterocycles. The lowest BCUT2D eigenvalue weighted by molar-refractivity contribution is 0.0916. The first-order valence-corrected chi connectivity index (χ1v) is 7.62. The molecule has 0 saturated heterocycles. The van der Waals surface area contributed by atoms with Gasteiger partial charge in [0.25, 0.3) is 0 Å². The number of aliphatic hydroxyl groups is 2. The van der Waals surface area contributed by atoms with E-state index in [0.717, 1.165) is 11.1 Å². The Morgan fingerprint density at radius 2 is 2.17 bits per heavy atom. The van der Waals surface area contributed by atoms with Gasteiger partial charge >= 0.3 is 0 Å². The van der Waals surface area contributed by atoms with Crippen LogP contribution >= 0.6 is 0 Å². The van der Waals surface area contributed by atoms with Crippen molar-refractivity contribution in [3.63, 3.8) is 0 Å². The Morgan fingerprint density at radius 3 is 2.96 bits per heavy atom. The van der Waals surface area contributed by atoms with Gasteiger partial charge in [-0.1, -0.05) is 0 Å². The summed E-state index contributed by atoms with van der Waals surface area (Å²) in [6.45, 7) is 1.51. The number of fused-ring (bicyclic) bond motifs is 2. The summed E-state index contributed by atoms with van der Waals surface area (Å²) < 4.78 is 3.50. The van der Waals surface area contributed by atoms with Crippen LogP contribution in [0.25, 0.3) is 11.0 Å². The largest absolute Gasteiger partial charge is 0.393 e. The minimum absolute atomic E-state index is 0.350. The van der Waals surface area contributed by atoms with Gasteiger partial charge in [0.1, 0.15) is 11.9 Å². The van der Waals surface area contributed by atoms with Crippen LogP contribution in [-0.4, -0.2) is 52.9 Å². The average Bonchev–Trinajstić information content (AvgIpc) is 3.17. The van der Waals surface area contributed by atoms with Crippen LogP contribution in [0.3, 0.4) is 0 Å². The Kier molecular flexibility index (Phi) is 3.36. The molecule has 10 heteroatoms. The number of aliphatic hydroxyl groups excluding tert-OH is 2. The van der Waals surface area contributed by atoms with Crippen LogP contribution in [0.15, 0.2) is 12.3 Å². The lowest BCUT2D eigenvalue weighted by Gasteiger charge is -2.27. The van der Waals surface area contributed by atoms with Crippen molar-refractivity contribution in [2.75, 3.05) is 23.8 Å². The number of rotatable bonds is 3. The van der Waals surface area contributed by atoms with E-state index in [1.165, 1.54) is 0 Å². The summed E-state index contributed by atoms with van der Waals surface area (Å²) in [5, 5.41) is 28.0. The Labute approximate surface area is 137 Å². The molecule has 0 saturated carbocycles. The Hall–Kier alpha value is -2.72. The zero-order valence-electron chi connectivity index (χ0n) is 13.2. The third-order valence-corrected chi connectivity index (χ3v) is 4.22. The topological polar surface area (TPSA) is 131 Å². The van der Waals surface area contributed by atoms with Crippen molar-refractivity contribution in [2.45, 2.75) is 19.2 Å². The fourth-order valence-corrected chi connectivity index (χ4v) is 2.89. The van der Waals surface area contributed by atoms with Crippen LogP contribution in [0.1, 0.15) is 17.5 Å². The van der Waals surface area contributed by atoms with E-state index in [4.69, 9.17) is 10.8 Å². The van der Waals surface area contributed by atoms with Crippen LogP contribution in [0.5, 0.6) is 0 Å². The van der Waals surface area contributed by atoms with Gasteiger partial charge in [-0.15, -0.1) is 0 Å². The Balaban J connectivity index is 1.67. The van der Waals surface area contributed by atoms with Crippen LogP contribution in [-0.2, 0) is 20.1 Å². The number of nitrogen functional groups attached to an aromatic ring is 1. The first kappa shape index (κ1) is 14.8. The second-order valence-corrected chi connectivity index (χ2v) is 5.82. The summed E-state index contributed by atoms with van der Waals surface area (Å²) >= 11 is 0. The van der Waals surface area contributed by atoms with Crippen molar-refractivity contribution in [1.82, 2.24) is 29.5 Å². The maximum atomic E-state index is 9.73. The van der Waals surface area contributed by atoms with Crippen molar-refractivity contribution in [1.29, 1.82) is 0 Å². The van der Waals surface area contributed by atoms with Crippen molar-refractivity contribution in [2.24, 2.45) is 7.05 Å². The molecule has 4 N–H and O–H groups in total. The summed E-state index contributed by atoms with van der Waals surface area (Å²) in [6.07, 6.45) is 0.691. The van der Waals surface area contributed by atoms with Gasteiger partial charge in [-0.2, -0.15) is 20.2 Å². The Morgan fingerprint density at radius 1 is 1.33 bits per heavy atom. The normalized spacial score (nSPS) is 15.7. The maximum absolute atomic E-state index is 9.73. The number of aromatic nitrogens is 6. The highest BCUT2D eigenvalue weighted by atomic mass is 16.3. The summed E-state index contributed by atoms with van der Waals surface area (Å²) in [4.78, 5) is 11.0. The van der Waals surface area contributed by atoms with Crippen molar-refractivity contribution in [3.05, 3.63) is 23.7 Å². The van der Waals surface area contributed by atoms with E-state index in [9.17, 15) is 5.11 Å². The van der Waals surface area contributed by atoms with Crippen molar-refractivity contribution in [3.8, 4) is 0 Å². The lowest BCUT2D eigenvalue weighted by atomic mass is 10.2. The van der Waals surface area contributed by atoms with Gasteiger partial charge in [0.05, 0.1) is 42.7 Å². The molecule has 3 aromatic heterocycles. The first-order valence-electron chi connectivity index (χ1n) is 7.62. The highest BCUT2D eigenvalue weighted by Crippen LogP contribution is 2.24. The lowest BCUT2D eigenvalue weighted by Crippen LogP contribution is -2.35. The second-order valence-electron chi connectivity index (χ2n) is 5.82. The molecule has 4 rings (SSSR count). The molecule has 0 aliphatic carbocycles. The fourth-order valence-electron chi connectivity index (χ4n) is 2.89. The van der Waals surface area contributed by atoms with Gasteiger partial charge in [0.15, 0.2) is 5.65 Å². The number of aryl methyl sites for hydroxylation is 1. The monoisotopic (exact) mass is 330 g/mol. The first-order chi connectivity index (χ1) is 11.6. The maximum Gasteiger partial charge on any atom is 0.229 e. The number of hydrogen-bond donors (Lipinski definition) is 3. The van der Waals surface area contributed by atoms with E-state index < -0.39 is 6.10 Å². The van der Waals surface area contributed by atoms with Crippen LogP contribution in [0.4, 0.5) is 11.8 Å². The van der Waals surface area contributed by atoms with Crippen molar-refractivity contribution < 1.29 is 10.2 Å². The molecule has 3 aromatic rings. The van der Waals surface area contributed by atoms with E-state index in [0.29, 0.717) is 42.7 Å². The molecule has 1 atom stereocenters. The third-order valence-electron chi connectivity index (χ3n) is 4.22. The van der Waals surface area contributed by atoms with Crippen LogP contribution in [0.2, 0.25) is 0 Å².